The SMILES string of the molecule is CCCCCOC[C@H](C)OC(=O)c1ccc(O)cc1. The van der Waals surface area contributed by atoms with Crippen molar-refractivity contribution in [2.75, 3.05) is 13.2 Å². The molecule has 0 aliphatic rings. The molecule has 0 unspecified atom stereocenters. The number of rotatable bonds is 8. The van der Waals surface area contributed by atoms with Gasteiger partial charge in [-0.3, -0.25) is 0 Å². The Morgan fingerprint density at radius 2 is 1.95 bits per heavy atom. The Labute approximate surface area is 114 Å². The summed E-state index contributed by atoms with van der Waals surface area (Å²) in [5.74, 6) is -0.270. The first-order valence-corrected chi connectivity index (χ1v) is 6.71. The molecule has 1 N–H and O–H groups in total. The molecule has 0 radical (unpaired) electrons. The summed E-state index contributed by atoms with van der Waals surface area (Å²) >= 11 is 0. The fourth-order valence-corrected chi connectivity index (χ4v) is 1.59. The zero-order valence-electron chi connectivity index (χ0n) is 11.6. The molecule has 0 saturated carbocycles. The number of carbonyl (C=O) groups is 1. The van der Waals surface area contributed by atoms with Crippen molar-refractivity contribution in [1.82, 2.24) is 0 Å². The second kappa shape index (κ2) is 8.53. The fourth-order valence-electron chi connectivity index (χ4n) is 1.59. The van der Waals surface area contributed by atoms with Crippen LogP contribution in [0.5, 0.6) is 5.75 Å². The highest BCUT2D eigenvalue weighted by Crippen LogP contribution is 2.11. The molecule has 1 rings (SSSR count). The Bertz CT molecular complexity index is 372. The van der Waals surface area contributed by atoms with Crippen LogP contribution < -0.4 is 0 Å². The van der Waals surface area contributed by atoms with Crippen LogP contribution in [0, 0.1) is 0 Å². The van der Waals surface area contributed by atoms with E-state index in [1.165, 1.54) is 24.3 Å². The predicted molar refractivity (Wildman–Crippen MR) is 73.3 cm³/mol. The van der Waals surface area contributed by atoms with Crippen LogP contribution >= 0.6 is 0 Å². The van der Waals surface area contributed by atoms with E-state index in [2.05, 4.69) is 6.92 Å². The van der Waals surface area contributed by atoms with E-state index in [1.807, 2.05) is 0 Å². The lowest BCUT2D eigenvalue weighted by atomic mass is 10.2. The summed E-state index contributed by atoms with van der Waals surface area (Å²) in [6.45, 7) is 5.06. The molecule has 0 heterocycles. The molecule has 0 fully saturated rings. The molecule has 106 valence electrons. The molecule has 0 spiro atoms. The van der Waals surface area contributed by atoms with Gasteiger partial charge in [-0.15, -0.1) is 0 Å². The Kier molecular flexibility index (Phi) is 6.97. The van der Waals surface area contributed by atoms with Gasteiger partial charge in [0, 0.05) is 6.61 Å². The molecule has 0 aromatic heterocycles. The van der Waals surface area contributed by atoms with Crippen LogP contribution in [0.3, 0.4) is 0 Å². The highest BCUT2D eigenvalue weighted by molar-refractivity contribution is 5.89. The maximum absolute atomic E-state index is 11.7. The number of carbonyl (C=O) groups excluding carboxylic acids is 1. The van der Waals surface area contributed by atoms with Crippen LogP contribution in [-0.4, -0.2) is 30.4 Å². The third kappa shape index (κ3) is 6.25. The summed E-state index contributed by atoms with van der Waals surface area (Å²) in [5, 5.41) is 9.14. The number of unbranched alkanes of at least 4 members (excludes halogenated alkanes) is 2. The van der Waals surface area contributed by atoms with Crippen LogP contribution in [0.2, 0.25) is 0 Å². The van der Waals surface area contributed by atoms with Crippen molar-refractivity contribution < 1.29 is 19.4 Å². The fraction of sp³-hybridized carbons (Fsp3) is 0.533. The normalized spacial score (nSPS) is 12.1. The van der Waals surface area contributed by atoms with Crippen molar-refractivity contribution in [1.29, 1.82) is 0 Å². The minimum atomic E-state index is -0.398. The summed E-state index contributed by atoms with van der Waals surface area (Å²) in [6.07, 6.45) is 3.08. The number of aromatic hydroxyl groups is 1. The van der Waals surface area contributed by atoms with E-state index in [4.69, 9.17) is 14.6 Å². The molecule has 4 heteroatoms. The lowest BCUT2D eigenvalue weighted by molar-refractivity contribution is 0.00156. The molecular weight excluding hydrogens is 244 g/mol. The van der Waals surface area contributed by atoms with Crippen LogP contribution in [0.15, 0.2) is 24.3 Å². The van der Waals surface area contributed by atoms with E-state index in [9.17, 15) is 4.79 Å². The highest BCUT2D eigenvalue weighted by atomic mass is 16.6. The van der Waals surface area contributed by atoms with Gasteiger partial charge in [0.25, 0.3) is 0 Å². The molecule has 19 heavy (non-hydrogen) atoms. The Hall–Kier alpha value is -1.55. The number of esters is 1. The molecule has 1 aromatic carbocycles. The minimum absolute atomic E-state index is 0.129. The monoisotopic (exact) mass is 266 g/mol. The number of ether oxygens (including phenoxy) is 2. The standard InChI is InChI=1S/C15H22O4/c1-3-4-5-10-18-11-12(2)19-15(17)13-6-8-14(16)9-7-13/h6-9,12,16H,3-5,10-11H2,1-2H3/t12-/m0/s1. The van der Waals surface area contributed by atoms with Gasteiger partial charge >= 0.3 is 5.97 Å². The smallest absolute Gasteiger partial charge is 0.338 e. The zero-order valence-corrected chi connectivity index (χ0v) is 11.6. The van der Waals surface area contributed by atoms with Crippen LogP contribution in [0.1, 0.15) is 43.5 Å². The summed E-state index contributed by atoms with van der Waals surface area (Å²) in [5.41, 5.74) is 0.427. The van der Waals surface area contributed by atoms with Crippen molar-refractivity contribution in [3.05, 3.63) is 29.8 Å². The second-order valence-electron chi connectivity index (χ2n) is 4.54. The van der Waals surface area contributed by atoms with Crippen molar-refractivity contribution in [2.24, 2.45) is 0 Å². The van der Waals surface area contributed by atoms with Crippen LogP contribution in [0.25, 0.3) is 0 Å². The highest BCUT2D eigenvalue weighted by Gasteiger charge is 2.11. The van der Waals surface area contributed by atoms with Crippen molar-refractivity contribution >= 4 is 5.97 Å². The van der Waals surface area contributed by atoms with Crippen LogP contribution in [0.4, 0.5) is 0 Å². The molecule has 1 atom stereocenters. The maximum atomic E-state index is 11.7. The molecule has 0 saturated heterocycles. The van der Waals surface area contributed by atoms with Gasteiger partial charge in [0.15, 0.2) is 0 Å². The zero-order chi connectivity index (χ0) is 14.1. The number of hydrogen-bond acceptors (Lipinski definition) is 4. The van der Waals surface area contributed by atoms with Crippen molar-refractivity contribution in [2.45, 2.75) is 39.2 Å². The first-order chi connectivity index (χ1) is 9.13. The average molecular weight is 266 g/mol. The van der Waals surface area contributed by atoms with E-state index in [1.54, 1.807) is 6.92 Å². The maximum Gasteiger partial charge on any atom is 0.338 e. The Balaban J connectivity index is 2.26. The number of hydrogen-bond donors (Lipinski definition) is 1. The quantitative estimate of drug-likeness (QED) is 0.580. The third-order valence-corrected chi connectivity index (χ3v) is 2.66. The summed E-state index contributed by atoms with van der Waals surface area (Å²) in [7, 11) is 0. The third-order valence-electron chi connectivity index (χ3n) is 2.66. The predicted octanol–water partition coefficient (Wildman–Crippen LogP) is 3.14. The van der Waals surface area contributed by atoms with Gasteiger partial charge in [0.1, 0.15) is 11.9 Å². The molecule has 1 aromatic rings. The lowest BCUT2D eigenvalue weighted by Crippen LogP contribution is -2.20. The Morgan fingerprint density at radius 3 is 2.58 bits per heavy atom. The molecule has 0 aliphatic heterocycles. The van der Waals surface area contributed by atoms with Gasteiger partial charge in [0.05, 0.1) is 12.2 Å². The van der Waals surface area contributed by atoms with Gasteiger partial charge < -0.3 is 14.6 Å². The topological polar surface area (TPSA) is 55.8 Å². The number of benzene rings is 1. The van der Waals surface area contributed by atoms with Gasteiger partial charge in [-0.25, -0.2) is 4.79 Å². The van der Waals surface area contributed by atoms with Gasteiger partial charge in [0.2, 0.25) is 0 Å². The first-order valence-electron chi connectivity index (χ1n) is 6.71. The van der Waals surface area contributed by atoms with E-state index < -0.39 is 5.97 Å². The molecule has 0 amide bonds. The first kappa shape index (κ1) is 15.5. The van der Waals surface area contributed by atoms with Crippen molar-refractivity contribution in [3.63, 3.8) is 0 Å². The summed E-state index contributed by atoms with van der Waals surface area (Å²) < 4.78 is 10.7. The number of phenols is 1. The van der Waals surface area contributed by atoms with Gasteiger partial charge in [-0.1, -0.05) is 19.8 Å². The molecule has 0 bridgehead atoms. The van der Waals surface area contributed by atoms with Gasteiger partial charge in [-0.05, 0) is 37.6 Å². The summed E-state index contributed by atoms with van der Waals surface area (Å²) in [6, 6.07) is 5.99. The molecule has 0 aliphatic carbocycles. The van der Waals surface area contributed by atoms with Crippen LogP contribution in [-0.2, 0) is 9.47 Å². The Morgan fingerprint density at radius 1 is 1.26 bits per heavy atom. The van der Waals surface area contributed by atoms with E-state index >= 15 is 0 Å². The van der Waals surface area contributed by atoms with Gasteiger partial charge in [-0.2, -0.15) is 0 Å². The largest absolute Gasteiger partial charge is 0.508 e. The van der Waals surface area contributed by atoms with E-state index in [0.29, 0.717) is 18.8 Å². The van der Waals surface area contributed by atoms with E-state index in [0.717, 1.165) is 19.3 Å². The number of phenolic OH excluding ortho intramolecular Hbond substituents is 1. The molecule has 4 nitrogen and oxygen atoms in total. The van der Waals surface area contributed by atoms with Crippen molar-refractivity contribution in [3.8, 4) is 5.75 Å². The average Bonchev–Trinajstić information content (AvgIpc) is 2.39. The minimum Gasteiger partial charge on any atom is -0.508 e. The molecular formula is C15H22O4. The van der Waals surface area contributed by atoms with E-state index in [-0.39, 0.29) is 11.9 Å². The second-order valence-corrected chi connectivity index (χ2v) is 4.54. The lowest BCUT2D eigenvalue weighted by Gasteiger charge is -2.13. The summed E-state index contributed by atoms with van der Waals surface area (Å²) in [4.78, 5) is 11.7.